The summed E-state index contributed by atoms with van der Waals surface area (Å²) in [5, 5.41) is 0. The number of carbonyl (C=O) groups excluding carboxylic acids is 1. The molecule has 0 saturated carbocycles. The van der Waals surface area contributed by atoms with Crippen LogP contribution >= 0.6 is 0 Å². The van der Waals surface area contributed by atoms with Gasteiger partial charge in [0, 0.05) is 5.56 Å². The van der Waals surface area contributed by atoms with Crippen LogP contribution in [0.4, 0.5) is 0 Å². The molecule has 0 saturated heterocycles. The maximum Gasteiger partial charge on any atom is 0.174 e. The van der Waals surface area contributed by atoms with E-state index >= 15 is 0 Å². The molecule has 0 heterocycles. The first-order valence-corrected chi connectivity index (χ1v) is 8.56. The van der Waals surface area contributed by atoms with Crippen LogP contribution in [0.5, 0.6) is 0 Å². The molecule has 0 aliphatic heterocycles. The largest absolute Gasteiger partial charge is 0.293 e. The first-order chi connectivity index (χ1) is 12.3. The van der Waals surface area contributed by atoms with Crippen LogP contribution < -0.4 is 0 Å². The van der Waals surface area contributed by atoms with Crippen molar-refractivity contribution in [1.29, 1.82) is 0 Å². The molecule has 3 aromatic carbocycles. The van der Waals surface area contributed by atoms with Gasteiger partial charge in [-0.2, -0.15) is 0 Å². The van der Waals surface area contributed by atoms with E-state index in [1.807, 2.05) is 84.9 Å². The molecule has 0 aliphatic rings. The van der Waals surface area contributed by atoms with Gasteiger partial charge in [0.1, 0.15) is 0 Å². The van der Waals surface area contributed by atoms with Crippen molar-refractivity contribution in [2.24, 2.45) is 0 Å². The number of Topliss-reactive ketones (excluding diaryl/α,β-unsaturated/α-hetero) is 1. The lowest BCUT2D eigenvalue weighted by molar-refractivity contribution is 0.0882. The van der Waals surface area contributed by atoms with E-state index in [-0.39, 0.29) is 5.78 Å². The molecule has 0 bridgehead atoms. The summed E-state index contributed by atoms with van der Waals surface area (Å²) in [5.74, 6) is 0.142. The van der Waals surface area contributed by atoms with Gasteiger partial charge < -0.3 is 0 Å². The van der Waals surface area contributed by atoms with Gasteiger partial charge in [-0.3, -0.25) is 4.79 Å². The van der Waals surface area contributed by atoms with Crippen molar-refractivity contribution in [3.63, 3.8) is 0 Å². The summed E-state index contributed by atoms with van der Waals surface area (Å²) in [5.41, 5.74) is 2.28. The van der Waals surface area contributed by atoms with Crippen molar-refractivity contribution in [3.05, 3.63) is 120 Å². The highest BCUT2D eigenvalue weighted by Crippen LogP contribution is 2.36. The van der Waals surface area contributed by atoms with Gasteiger partial charge in [-0.15, -0.1) is 6.58 Å². The molecule has 25 heavy (non-hydrogen) atoms. The lowest BCUT2D eigenvalue weighted by Gasteiger charge is -2.32. The molecule has 0 unspecified atom stereocenters. The maximum absolute atomic E-state index is 13.6. The van der Waals surface area contributed by atoms with Crippen LogP contribution in [0.15, 0.2) is 104 Å². The number of hydrogen-bond donors (Lipinski definition) is 0. The Bertz CT molecular complexity index is 822. The average molecular weight is 326 g/mol. The Morgan fingerprint density at radius 2 is 1.32 bits per heavy atom. The van der Waals surface area contributed by atoms with E-state index in [9.17, 15) is 4.79 Å². The lowest BCUT2D eigenvalue weighted by atomic mass is 9.68. The van der Waals surface area contributed by atoms with Gasteiger partial charge in [0.05, 0.1) is 5.41 Å². The van der Waals surface area contributed by atoms with Gasteiger partial charge in [-0.1, -0.05) is 97.1 Å². The third-order valence-corrected chi connectivity index (χ3v) is 4.64. The van der Waals surface area contributed by atoms with Gasteiger partial charge in [0.15, 0.2) is 5.78 Å². The molecule has 3 aromatic rings. The highest BCUT2D eigenvalue weighted by atomic mass is 16.1. The second-order valence-electron chi connectivity index (χ2n) is 6.30. The molecular formula is C24H22O. The predicted octanol–water partition coefficient (Wildman–Crippen LogP) is 5.63. The van der Waals surface area contributed by atoms with Crippen molar-refractivity contribution >= 4 is 5.78 Å². The summed E-state index contributed by atoms with van der Waals surface area (Å²) in [6.45, 7) is 3.94. The minimum atomic E-state index is -0.647. The zero-order valence-corrected chi connectivity index (χ0v) is 14.3. The van der Waals surface area contributed by atoms with Crippen LogP contribution in [0.3, 0.4) is 0 Å². The Hall–Kier alpha value is -2.93. The van der Waals surface area contributed by atoms with Gasteiger partial charge in [-0.05, 0) is 24.0 Å². The summed E-state index contributed by atoms with van der Waals surface area (Å²) >= 11 is 0. The SMILES string of the molecule is C=CC[C@@](Cc1ccccc1)(C(=O)c1ccccc1)c1ccccc1. The summed E-state index contributed by atoms with van der Waals surface area (Å²) in [6, 6.07) is 29.8. The Kier molecular flexibility index (Phi) is 5.25. The Morgan fingerprint density at radius 1 is 0.800 bits per heavy atom. The molecule has 0 fully saturated rings. The van der Waals surface area contributed by atoms with E-state index < -0.39 is 5.41 Å². The number of carbonyl (C=O) groups is 1. The fourth-order valence-corrected chi connectivity index (χ4v) is 3.41. The zero-order valence-electron chi connectivity index (χ0n) is 14.3. The fraction of sp³-hybridized carbons (Fsp3) is 0.125. The summed E-state index contributed by atoms with van der Waals surface area (Å²) < 4.78 is 0. The van der Waals surface area contributed by atoms with E-state index in [4.69, 9.17) is 0 Å². The van der Waals surface area contributed by atoms with Gasteiger partial charge in [0.2, 0.25) is 0 Å². The molecule has 1 heteroatoms. The van der Waals surface area contributed by atoms with Crippen molar-refractivity contribution in [2.45, 2.75) is 18.3 Å². The van der Waals surface area contributed by atoms with Gasteiger partial charge >= 0.3 is 0 Å². The van der Waals surface area contributed by atoms with E-state index in [1.54, 1.807) is 0 Å². The molecule has 0 radical (unpaired) electrons. The van der Waals surface area contributed by atoms with Crippen LogP contribution in [0.2, 0.25) is 0 Å². The van der Waals surface area contributed by atoms with Crippen LogP contribution in [-0.2, 0) is 11.8 Å². The highest BCUT2D eigenvalue weighted by Gasteiger charge is 2.39. The molecule has 0 aromatic heterocycles. The first-order valence-electron chi connectivity index (χ1n) is 8.56. The van der Waals surface area contributed by atoms with E-state index in [1.165, 1.54) is 0 Å². The Morgan fingerprint density at radius 3 is 1.88 bits per heavy atom. The zero-order chi connectivity index (χ0) is 17.5. The molecule has 1 nitrogen and oxygen atoms in total. The minimum absolute atomic E-state index is 0.142. The monoisotopic (exact) mass is 326 g/mol. The van der Waals surface area contributed by atoms with Crippen molar-refractivity contribution in [3.8, 4) is 0 Å². The molecule has 0 spiro atoms. The van der Waals surface area contributed by atoms with E-state index in [0.29, 0.717) is 12.8 Å². The number of ketones is 1. The predicted molar refractivity (Wildman–Crippen MR) is 104 cm³/mol. The van der Waals surface area contributed by atoms with Crippen molar-refractivity contribution in [1.82, 2.24) is 0 Å². The summed E-state index contributed by atoms with van der Waals surface area (Å²) in [4.78, 5) is 13.6. The molecule has 0 aliphatic carbocycles. The van der Waals surface area contributed by atoms with Crippen molar-refractivity contribution < 1.29 is 4.79 Å². The standard InChI is InChI=1S/C24H22O/c1-2-18-24(22-16-10-5-11-17-22,19-20-12-6-3-7-13-20)23(25)21-14-8-4-9-15-21/h2-17H,1,18-19H2/t24-/m0/s1. The van der Waals surface area contributed by atoms with Gasteiger partial charge in [-0.25, -0.2) is 0 Å². The maximum atomic E-state index is 13.6. The topological polar surface area (TPSA) is 17.1 Å². The molecular weight excluding hydrogens is 304 g/mol. The van der Waals surface area contributed by atoms with Crippen LogP contribution in [0, 0.1) is 0 Å². The molecule has 0 amide bonds. The van der Waals surface area contributed by atoms with Crippen molar-refractivity contribution in [2.75, 3.05) is 0 Å². The van der Waals surface area contributed by atoms with Crippen LogP contribution in [0.25, 0.3) is 0 Å². The summed E-state index contributed by atoms with van der Waals surface area (Å²) in [6.07, 6.45) is 3.11. The van der Waals surface area contributed by atoms with E-state index in [2.05, 4.69) is 18.7 Å². The molecule has 3 rings (SSSR count). The summed E-state index contributed by atoms with van der Waals surface area (Å²) in [7, 11) is 0. The second kappa shape index (κ2) is 7.76. The van der Waals surface area contributed by atoms with E-state index in [0.717, 1.165) is 16.7 Å². The fourth-order valence-electron chi connectivity index (χ4n) is 3.41. The lowest BCUT2D eigenvalue weighted by Crippen LogP contribution is -2.38. The normalized spacial score (nSPS) is 13.0. The molecule has 1 atom stereocenters. The Balaban J connectivity index is 2.14. The number of hydrogen-bond acceptors (Lipinski definition) is 1. The van der Waals surface area contributed by atoms with Crippen LogP contribution in [-0.4, -0.2) is 5.78 Å². The molecule has 124 valence electrons. The smallest absolute Gasteiger partial charge is 0.174 e. The third-order valence-electron chi connectivity index (χ3n) is 4.64. The number of benzene rings is 3. The first kappa shape index (κ1) is 16.9. The minimum Gasteiger partial charge on any atom is -0.293 e. The quantitative estimate of drug-likeness (QED) is 0.406. The third kappa shape index (κ3) is 3.61. The number of allylic oxidation sites excluding steroid dienone is 1. The average Bonchev–Trinajstić information content (AvgIpc) is 2.69. The van der Waals surface area contributed by atoms with Gasteiger partial charge in [0.25, 0.3) is 0 Å². The molecule has 0 N–H and O–H groups in total. The number of rotatable bonds is 7. The second-order valence-corrected chi connectivity index (χ2v) is 6.30. The van der Waals surface area contributed by atoms with Crippen LogP contribution in [0.1, 0.15) is 27.9 Å². The Labute approximate surface area is 149 Å². The highest BCUT2D eigenvalue weighted by molar-refractivity contribution is 6.04.